The molecule has 1 N–H and O–H groups in total. The predicted molar refractivity (Wildman–Crippen MR) is 183 cm³/mol. The quantitative estimate of drug-likeness (QED) is 0.169. The number of fused-ring (bicyclic) bond motifs is 1. The molecule has 0 saturated carbocycles. The molecule has 2 amide bonds. The van der Waals surface area contributed by atoms with Gasteiger partial charge in [-0.05, 0) is 84.6 Å². The van der Waals surface area contributed by atoms with Gasteiger partial charge < -0.3 is 19.9 Å². The van der Waals surface area contributed by atoms with Gasteiger partial charge in [0.2, 0.25) is 0 Å². The van der Waals surface area contributed by atoms with Crippen molar-refractivity contribution in [3.05, 3.63) is 144 Å². The van der Waals surface area contributed by atoms with E-state index in [4.69, 9.17) is 16.3 Å². The smallest absolute Gasteiger partial charge is 0.258 e. The third-order valence-corrected chi connectivity index (χ3v) is 8.09. The van der Waals surface area contributed by atoms with Crippen molar-refractivity contribution in [3.63, 3.8) is 0 Å². The maximum atomic E-state index is 13.8. The molecule has 0 aromatic heterocycles. The third-order valence-electron chi connectivity index (χ3n) is 7.85. The maximum absolute atomic E-state index is 13.8. The van der Waals surface area contributed by atoms with Crippen molar-refractivity contribution in [3.8, 4) is 16.9 Å². The van der Waals surface area contributed by atoms with Crippen LogP contribution in [0.3, 0.4) is 0 Å². The van der Waals surface area contributed by atoms with Crippen molar-refractivity contribution >= 4 is 40.5 Å². The first-order valence-electron chi connectivity index (χ1n) is 15.2. The van der Waals surface area contributed by atoms with E-state index in [1.165, 1.54) is 0 Å². The zero-order valence-corrected chi connectivity index (χ0v) is 25.6. The number of nitrogens with one attached hydrogen (secondary N) is 1. The summed E-state index contributed by atoms with van der Waals surface area (Å²) in [6, 6.07) is 40.0. The lowest BCUT2D eigenvalue weighted by Gasteiger charge is -2.27. The minimum absolute atomic E-state index is 0.0686. The third kappa shape index (κ3) is 7.19. The Morgan fingerprint density at radius 3 is 2.29 bits per heavy atom. The number of benzene rings is 5. The van der Waals surface area contributed by atoms with E-state index in [1.54, 1.807) is 24.3 Å². The van der Waals surface area contributed by atoms with Gasteiger partial charge in [0.15, 0.2) is 0 Å². The van der Waals surface area contributed by atoms with Crippen LogP contribution in [0.5, 0.6) is 5.75 Å². The van der Waals surface area contributed by atoms with Crippen molar-refractivity contribution in [2.45, 2.75) is 12.8 Å². The predicted octanol–water partition coefficient (Wildman–Crippen LogP) is 8.59. The van der Waals surface area contributed by atoms with Crippen LogP contribution in [-0.2, 0) is 0 Å². The Morgan fingerprint density at radius 1 is 0.756 bits per heavy atom. The van der Waals surface area contributed by atoms with Gasteiger partial charge in [-0.3, -0.25) is 9.59 Å². The highest BCUT2D eigenvalue weighted by Crippen LogP contribution is 2.33. The molecular weight excluding hydrogens is 582 g/mol. The Morgan fingerprint density at radius 2 is 1.49 bits per heavy atom. The highest BCUT2D eigenvalue weighted by Gasteiger charge is 2.25. The molecule has 226 valence electrons. The van der Waals surface area contributed by atoms with E-state index in [1.807, 2.05) is 102 Å². The average Bonchev–Trinajstić information content (AvgIpc) is 3.26. The maximum Gasteiger partial charge on any atom is 0.258 e. The highest BCUT2D eigenvalue weighted by molar-refractivity contribution is 6.30. The molecule has 0 spiro atoms. The van der Waals surface area contributed by atoms with Crippen LogP contribution >= 0.6 is 11.6 Å². The fourth-order valence-corrected chi connectivity index (χ4v) is 5.85. The average molecular weight is 616 g/mol. The molecule has 1 aliphatic rings. The number of hydrogen-bond donors (Lipinski definition) is 1. The molecule has 1 heterocycles. The topological polar surface area (TPSA) is 61.9 Å². The molecule has 5 aromatic carbocycles. The van der Waals surface area contributed by atoms with Crippen molar-refractivity contribution in [1.82, 2.24) is 0 Å². The van der Waals surface area contributed by atoms with Crippen molar-refractivity contribution in [1.29, 1.82) is 0 Å². The summed E-state index contributed by atoms with van der Waals surface area (Å²) in [5.74, 6) is 0.493. The molecule has 0 aliphatic carbocycles. The molecule has 5 aromatic rings. The minimum Gasteiger partial charge on any atom is -0.493 e. The zero-order chi connectivity index (χ0) is 31.0. The number of halogens is 1. The second kappa shape index (κ2) is 14.1. The van der Waals surface area contributed by atoms with Gasteiger partial charge in [0, 0.05) is 41.5 Å². The van der Waals surface area contributed by atoms with Crippen molar-refractivity contribution < 1.29 is 14.3 Å². The van der Waals surface area contributed by atoms with Gasteiger partial charge in [-0.2, -0.15) is 0 Å². The summed E-state index contributed by atoms with van der Waals surface area (Å²) in [6.07, 6.45) is 1.67. The number of ether oxygens (including phenoxy) is 1. The molecule has 0 radical (unpaired) electrons. The van der Waals surface area contributed by atoms with Crippen LogP contribution in [0.4, 0.5) is 17.1 Å². The molecule has 6 nitrogen and oxygen atoms in total. The van der Waals surface area contributed by atoms with Crippen LogP contribution in [0.25, 0.3) is 11.1 Å². The summed E-state index contributed by atoms with van der Waals surface area (Å²) in [4.78, 5) is 31.3. The van der Waals surface area contributed by atoms with Crippen LogP contribution in [0.15, 0.2) is 127 Å². The number of anilines is 3. The van der Waals surface area contributed by atoms with Crippen LogP contribution in [0.2, 0.25) is 5.02 Å². The van der Waals surface area contributed by atoms with E-state index in [0.717, 1.165) is 54.2 Å². The molecule has 1 aliphatic heterocycles. The Labute approximate surface area is 268 Å². The van der Waals surface area contributed by atoms with E-state index in [9.17, 15) is 9.59 Å². The first-order valence-corrected chi connectivity index (χ1v) is 15.5. The molecule has 7 heteroatoms. The lowest BCUT2D eigenvalue weighted by atomic mass is 9.99. The Bertz CT molecular complexity index is 1780. The lowest BCUT2D eigenvalue weighted by Crippen LogP contribution is -2.31. The Hall–Kier alpha value is -5.07. The zero-order valence-electron chi connectivity index (χ0n) is 24.9. The monoisotopic (exact) mass is 615 g/mol. The second-order valence-electron chi connectivity index (χ2n) is 10.9. The van der Waals surface area contributed by atoms with E-state index in [2.05, 4.69) is 16.3 Å². The molecule has 0 bridgehead atoms. The van der Waals surface area contributed by atoms with E-state index in [0.29, 0.717) is 35.0 Å². The molecule has 0 atom stereocenters. The largest absolute Gasteiger partial charge is 0.493 e. The van der Waals surface area contributed by atoms with Gasteiger partial charge >= 0.3 is 0 Å². The van der Waals surface area contributed by atoms with Crippen LogP contribution < -0.4 is 19.9 Å². The van der Waals surface area contributed by atoms with Crippen LogP contribution in [-0.4, -0.2) is 38.1 Å². The summed E-state index contributed by atoms with van der Waals surface area (Å²) in [5.41, 5.74) is 5.55. The molecule has 45 heavy (non-hydrogen) atoms. The minimum atomic E-state index is -0.201. The van der Waals surface area contributed by atoms with Crippen LogP contribution in [0.1, 0.15) is 33.6 Å². The van der Waals surface area contributed by atoms with Gasteiger partial charge in [-0.15, -0.1) is 0 Å². The standard InChI is InChI=1S/C38H34ClN3O3/c39-30-13-8-14-32(27-30)45-26-10-24-41-23-9-25-42(36-18-7-6-17-35(36)41)38(44)29-19-21-31(22-20-29)40-37(43)34-16-5-4-15-33(34)28-11-2-1-3-12-28/h1-8,11-22,27H,9-10,23-26H2,(H,40,43). The number of carbonyl (C=O) groups excluding carboxylic acids is 2. The van der Waals surface area contributed by atoms with E-state index < -0.39 is 0 Å². The Balaban J connectivity index is 1.12. The summed E-state index contributed by atoms with van der Waals surface area (Å²) in [7, 11) is 0. The normalized spacial score (nSPS) is 12.6. The van der Waals surface area contributed by atoms with Gasteiger partial charge in [-0.1, -0.05) is 78.3 Å². The van der Waals surface area contributed by atoms with Gasteiger partial charge in [0.05, 0.1) is 18.0 Å². The molecule has 6 rings (SSSR count). The molecule has 0 unspecified atom stereocenters. The number of rotatable bonds is 9. The summed E-state index contributed by atoms with van der Waals surface area (Å²) in [5, 5.41) is 3.65. The van der Waals surface area contributed by atoms with Gasteiger partial charge in [-0.25, -0.2) is 0 Å². The highest BCUT2D eigenvalue weighted by atomic mass is 35.5. The van der Waals surface area contributed by atoms with Crippen molar-refractivity contribution in [2.75, 3.05) is 41.4 Å². The fourth-order valence-electron chi connectivity index (χ4n) is 5.67. The molecular formula is C38H34ClN3O3. The SMILES string of the molecule is O=C(Nc1ccc(C(=O)N2CCCN(CCCOc3cccc(Cl)c3)c3ccccc32)cc1)c1ccccc1-c1ccccc1. The Kier molecular flexibility index (Phi) is 9.42. The van der Waals surface area contributed by atoms with Gasteiger partial charge in [0.25, 0.3) is 11.8 Å². The lowest BCUT2D eigenvalue weighted by molar-refractivity contribution is 0.0986. The number of para-hydroxylation sites is 2. The molecule has 0 saturated heterocycles. The number of hydrogen-bond acceptors (Lipinski definition) is 4. The number of carbonyl (C=O) groups is 2. The first kappa shape index (κ1) is 30.0. The number of amides is 2. The van der Waals surface area contributed by atoms with E-state index >= 15 is 0 Å². The first-order chi connectivity index (χ1) is 22.1. The second-order valence-corrected chi connectivity index (χ2v) is 11.3. The summed E-state index contributed by atoms with van der Waals surface area (Å²) < 4.78 is 5.90. The van der Waals surface area contributed by atoms with Gasteiger partial charge in [0.1, 0.15) is 5.75 Å². The van der Waals surface area contributed by atoms with Crippen molar-refractivity contribution in [2.24, 2.45) is 0 Å². The summed E-state index contributed by atoms with van der Waals surface area (Å²) in [6.45, 7) is 2.83. The van der Waals surface area contributed by atoms with E-state index in [-0.39, 0.29) is 11.8 Å². The number of nitrogens with zero attached hydrogens (tertiary/aromatic N) is 2. The van der Waals surface area contributed by atoms with Crippen LogP contribution in [0, 0.1) is 0 Å². The fraction of sp³-hybridized carbons (Fsp3) is 0.158. The summed E-state index contributed by atoms with van der Waals surface area (Å²) >= 11 is 6.08. The molecule has 0 fully saturated rings.